The topological polar surface area (TPSA) is 80.0 Å². The lowest BCUT2D eigenvalue weighted by molar-refractivity contribution is 0.894. The number of rotatable bonds is 5. The molecule has 0 unspecified atom stereocenters. The van der Waals surface area contributed by atoms with Crippen molar-refractivity contribution in [2.24, 2.45) is 0 Å². The van der Waals surface area contributed by atoms with Crippen molar-refractivity contribution in [1.82, 2.24) is 15.0 Å². The minimum Gasteiger partial charge on any atom is -0.393 e. The molecule has 4 rings (SSSR count). The van der Waals surface area contributed by atoms with Gasteiger partial charge in [0.25, 0.3) is 0 Å². The molecule has 0 saturated heterocycles. The zero-order valence-corrected chi connectivity index (χ0v) is 16.0. The van der Waals surface area contributed by atoms with Crippen molar-refractivity contribution in [3.05, 3.63) is 66.0 Å². The monoisotopic (exact) mass is 376 g/mol. The molecule has 0 aliphatic heterocycles. The maximum absolute atomic E-state index is 6.35. The third-order valence-corrected chi connectivity index (χ3v) is 5.19. The number of fused-ring (bicyclic) bond motifs is 1. The number of nitrogens with zero attached hydrogens (tertiary/aromatic N) is 4. The van der Waals surface area contributed by atoms with Gasteiger partial charge in [0, 0.05) is 13.6 Å². The van der Waals surface area contributed by atoms with Gasteiger partial charge < -0.3 is 16.0 Å². The highest BCUT2D eigenvalue weighted by atomic mass is 32.1. The van der Waals surface area contributed by atoms with Crippen LogP contribution in [0.25, 0.3) is 10.2 Å². The summed E-state index contributed by atoms with van der Waals surface area (Å²) in [6.45, 7) is 2.78. The third kappa shape index (κ3) is 3.68. The number of nitrogens with two attached hydrogens (primary N) is 1. The maximum Gasteiger partial charge on any atom is 0.189 e. The van der Waals surface area contributed by atoms with E-state index in [4.69, 9.17) is 5.73 Å². The Morgan fingerprint density at radius 3 is 2.74 bits per heavy atom. The van der Waals surface area contributed by atoms with Crippen LogP contribution in [0.2, 0.25) is 0 Å². The fraction of sp³-hybridized carbons (Fsp3) is 0.150. The van der Waals surface area contributed by atoms with Gasteiger partial charge in [0.1, 0.15) is 12.0 Å². The predicted octanol–water partition coefficient (Wildman–Crippen LogP) is 4.36. The van der Waals surface area contributed by atoms with Crippen molar-refractivity contribution in [3.8, 4) is 0 Å². The van der Waals surface area contributed by atoms with Crippen LogP contribution in [0, 0.1) is 6.92 Å². The molecule has 2 aromatic heterocycles. The Labute approximate surface area is 161 Å². The SMILES string of the molecule is Cc1ccc2nc(Nc3ncnc(N(C)Cc4ccccc4)c3N)sc2c1. The number of aryl methyl sites for hydroxylation is 1. The molecule has 6 nitrogen and oxygen atoms in total. The van der Waals surface area contributed by atoms with Gasteiger partial charge in [-0.15, -0.1) is 0 Å². The second kappa shape index (κ2) is 7.20. The van der Waals surface area contributed by atoms with Crippen LogP contribution in [0.4, 0.5) is 22.5 Å². The van der Waals surface area contributed by atoms with Gasteiger partial charge in [0.05, 0.1) is 10.2 Å². The minimum atomic E-state index is 0.506. The van der Waals surface area contributed by atoms with E-state index in [1.807, 2.05) is 36.2 Å². The van der Waals surface area contributed by atoms with E-state index in [1.54, 1.807) is 11.3 Å². The lowest BCUT2D eigenvalue weighted by Crippen LogP contribution is -2.20. The maximum atomic E-state index is 6.35. The van der Waals surface area contributed by atoms with E-state index in [1.165, 1.54) is 17.5 Å². The fourth-order valence-electron chi connectivity index (χ4n) is 2.91. The molecule has 7 heteroatoms. The lowest BCUT2D eigenvalue weighted by Gasteiger charge is -2.20. The zero-order chi connectivity index (χ0) is 18.8. The van der Waals surface area contributed by atoms with Crippen molar-refractivity contribution in [2.45, 2.75) is 13.5 Å². The van der Waals surface area contributed by atoms with Crippen molar-refractivity contribution >= 4 is 44.0 Å². The van der Waals surface area contributed by atoms with E-state index in [0.717, 1.165) is 15.3 Å². The summed E-state index contributed by atoms with van der Waals surface area (Å²) < 4.78 is 1.13. The Morgan fingerprint density at radius 1 is 1.11 bits per heavy atom. The summed E-state index contributed by atoms with van der Waals surface area (Å²) in [6, 6.07) is 16.4. The Kier molecular flexibility index (Phi) is 4.60. The van der Waals surface area contributed by atoms with Gasteiger partial charge >= 0.3 is 0 Å². The van der Waals surface area contributed by atoms with E-state index >= 15 is 0 Å². The Hall–Kier alpha value is -3.19. The Morgan fingerprint density at radius 2 is 1.93 bits per heavy atom. The van der Waals surface area contributed by atoms with Crippen LogP contribution in [0.5, 0.6) is 0 Å². The average molecular weight is 376 g/mol. The number of anilines is 4. The van der Waals surface area contributed by atoms with E-state index in [2.05, 4.69) is 51.5 Å². The van der Waals surface area contributed by atoms with Gasteiger partial charge in [-0.1, -0.05) is 47.7 Å². The van der Waals surface area contributed by atoms with E-state index in [9.17, 15) is 0 Å². The molecule has 2 aromatic carbocycles. The number of aromatic nitrogens is 3. The highest BCUT2D eigenvalue weighted by Crippen LogP contribution is 2.32. The third-order valence-electron chi connectivity index (χ3n) is 4.26. The van der Waals surface area contributed by atoms with Crippen LogP contribution in [0.3, 0.4) is 0 Å². The molecule has 136 valence electrons. The van der Waals surface area contributed by atoms with Crippen LogP contribution < -0.4 is 16.0 Å². The molecule has 3 N–H and O–H groups in total. The smallest absolute Gasteiger partial charge is 0.189 e. The molecule has 0 amide bonds. The minimum absolute atomic E-state index is 0.506. The summed E-state index contributed by atoms with van der Waals surface area (Å²) in [5.74, 6) is 1.25. The summed E-state index contributed by atoms with van der Waals surface area (Å²) in [7, 11) is 1.97. The molecule has 0 aliphatic rings. The van der Waals surface area contributed by atoms with Gasteiger partial charge in [0.15, 0.2) is 16.8 Å². The largest absolute Gasteiger partial charge is 0.393 e. The van der Waals surface area contributed by atoms with Gasteiger partial charge in [0.2, 0.25) is 0 Å². The predicted molar refractivity (Wildman–Crippen MR) is 113 cm³/mol. The highest BCUT2D eigenvalue weighted by molar-refractivity contribution is 7.22. The summed E-state index contributed by atoms with van der Waals surface area (Å²) >= 11 is 1.58. The molecule has 4 aromatic rings. The molecule has 27 heavy (non-hydrogen) atoms. The molecule has 0 saturated carbocycles. The quantitative estimate of drug-likeness (QED) is 0.539. The number of benzene rings is 2. The molecule has 0 bridgehead atoms. The summed E-state index contributed by atoms with van der Waals surface area (Å²) in [5.41, 5.74) is 10.2. The molecule has 0 fully saturated rings. The summed E-state index contributed by atoms with van der Waals surface area (Å²) in [5, 5.41) is 4.01. The van der Waals surface area contributed by atoms with Crippen molar-refractivity contribution in [3.63, 3.8) is 0 Å². The Bertz CT molecular complexity index is 1080. The molecular formula is C20H20N6S. The summed E-state index contributed by atoms with van der Waals surface area (Å²) in [4.78, 5) is 15.3. The summed E-state index contributed by atoms with van der Waals surface area (Å²) in [6.07, 6.45) is 1.52. The van der Waals surface area contributed by atoms with Gasteiger partial charge in [-0.2, -0.15) is 0 Å². The normalized spacial score (nSPS) is 10.9. The standard InChI is InChI=1S/C20H20N6S/c1-13-8-9-15-16(10-13)27-20(24-15)25-18-17(21)19(23-12-22-18)26(2)11-14-6-4-3-5-7-14/h3-10,12H,11,21H2,1-2H3,(H,22,23,24,25). The van der Waals surface area contributed by atoms with E-state index in [-0.39, 0.29) is 0 Å². The number of nitrogen functional groups attached to an aromatic ring is 1. The van der Waals surface area contributed by atoms with Gasteiger partial charge in [-0.3, -0.25) is 0 Å². The Balaban J connectivity index is 1.59. The van der Waals surface area contributed by atoms with Crippen LogP contribution in [-0.2, 0) is 6.54 Å². The first-order chi connectivity index (χ1) is 13.1. The van der Waals surface area contributed by atoms with Crippen molar-refractivity contribution < 1.29 is 0 Å². The second-order valence-electron chi connectivity index (χ2n) is 6.42. The molecule has 0 atom stereocenters. The molecule has 0 radical (unpaired) electrons. The number of thiazole rings is 1. The van der Waals surface area contributed by atoms with E-state index in [0.29, 0.717) is 23.9 Å². The first-order valence-electron chi connectivity index (χ1n) is 8.60. The molecule has 0 spiro atoms. The first kappa shape index (κ1) is 17.2. The second-order valence-corrected chi connectivity index (χ2v) is 7.45. The van der Waals surface area contributed by atoms with Crippen LogP contribution >= 0.6 is 11.3 Å². The van der Waals surface area contributed by atoms with Gasteiger partial charge in [-0.05, 0) is 30.2 Å². The highest BCUT2D eigenvalue weighted by Gasteiger charge is 2.14. The number of hydrogen-bond acceptors (Lipinski definition) is 7. The average Bonchev–Trinajstić information content (AvgIpc) is 3.05. The van der Waals surface area contributed by atoms with Crippen LogP contribution in [0.1, 0.15) is 11.1 Å². The first-order valence-corrected chi connectivity index (χ1v) is 9.41. The fourth-order valence-corrected chi connectivity index (χ4v) is 3.87. The number of nitrogens with one attached hydrogen (secondary N) is 1. The van der Waals surface area contributed by atoms with Crippen molar-refractivity contribution in [2.75, 3.05) is 23.0 Å². The zero-order valence-electron chi connectivity index (χ0n) is 15.2. The lowest BCUT2D eigenvalue weighted by atomic mass is 10.2. The molecular weight excluding hydrogens is 356 g/mol. The molecule has 2 heterocycles. The van der Waals surface area contributed by atoms with Crippen molar-refractivity contribution in [1.29, 1.82) is 0 Å². The van der Waals surface area contributed by atoms with Crippen LogP contribution in [0.15, 0.2) is 54.9 Å². The van der Waals surface area contributed by atoms with Gasteiger partial charge in [-0.25, -0.2) is 15.0 Å². The van der Waals surface area contributed by atoms with E-state index < -0.39 is 0 Å². The number of hydrogen-bond donors (Lipinski definition) is 2. The van der Waals surface area contributed by atoms with Crippen LogP contribution in [-0.4, -0.2) is 22.0 Å². The molecule has 0 aliphatic carbocycles.